The van der Waals surface area contributed by atoms with Gasteiger partial charge in [-0.2, -0.15) is 0 Å². The molecule has 0 aliphatic rings. The average Bonchev–Trinajstić information content (AvgIpc) is 2.43. The number of thiocarbonyl (C=S) groups is 1. The first kappa shape index (κ1) is 17.6. The lowest BCUT2D eigenvalue weighted by Crippen LogP contribution is -2.27. The zero-order chi connectivity index (χ0) is 15.8. The van der Waals surface area contributed by atoms with E-state index in [-0.39, 0.29) is 17.0 Å². The quantitative estimate of drug-likeness (QED) is 0.632. The number of nitrogens with two attached hydrogens (primary N) is 1. The molecule has 0 bridgehead atoms. The summed E-state index contributed by atoms with van der Waals surface area (Å²) in [6.45, 7) is 3.15. The molecule has 0 spiro atoms. The van der Waals surface area contributed by atoms with Gasteiger partial charge in [0.2, 0.25) is 5.91 Å². The smallest absolute Gasteiger partial charge is 0.225 e. The monoisotopic (exact) mass is 309 g/mol. The number of aliphatic hydroxyl groups excluding tert-OH is 1. The largest absolute Gasteiger partial charge is 0.393 e. The normalized spacial score (nSPS) is 12.2. The molecule has 0 saturated heterocycles. The minimum Gasteiger partial charge on any atom is -0.393 e. The molecule has 0 aliphatic heterocycles. The van der Waals surface area contributed by atoms with E-state index >= 15 is 0 Å². The van der Waals surface area contributed by atoms with Crippen molar-refractivity contribution < 1.29 is 9.90 Å². The minimum atomic E-state index is -0.321. The Morgan fingerprint density at radius 1 is 1.43 bits per heavy atom. The standard InChI is InChI=1S/C15H23N3O2S/c1-11(19)7-9-18(2)10-8-14(20)17-13-6-4-3-5-12(13)15(16)21/h3-6,11,19H,7-10H2,1-2H3,(H2,16,21)(H,17,20). The molecular weight excluding hydrogens is 286 g/mol. The highest BCUT2D eigenvalue weighted by molar-refractivity contribution is 7.80. The first-order chi connectivity index (χ1) is 9.90. The van der Waals surface area contributed by atoms with Gasteiger partial charge < -0.3 is 21.1 Å². The Morgan fingerprint density at radius 2 is 2.10 bits per heavy atom. The zero-order valence-electron chi connectivity index (χ0n) is 12.5. The van der Waals surface area contributed by atoms with E-state index < -0.39 is 0 Å². The summed E-state index contributed by atoms with van der Waals surface area (Å²) in [5.74, 6) is -0.0809. The average molecular weight is 309 g/mol. The van der Waals surface area contributed by atoms with Crippen molar-refractivity contribution in [1.82, 2.24) is 4.90 Å². The summed E-state index contributed by atoms with van der Waals surface area (Å²) in [5, 5.41) is 12.1. The SMILES string of the molecule is CC(O)CCN(C)CCC(=O)Nc1ccccc1C(N)=S. The number of hydrogen-bond donors (Lipinski definition) is 3. The van der Waals surface area contributed by atoms with Gasteiger partial charge >= 0.3 is 0 Å². The molecule has 5 nitrogen and oxygen atoms in total. The lowest BCUT2D eigenvalue weighted by molar-refractivity contribution is -0.116. The van der Waals surface area contributed by atoms with Crippen LogP contribution >= 0.6 is 12.2 Å². The highest BCUT2D eigenvalue weighted by atomic mass is 32.1. The molecule has 1 aromatic carbocycles. The summed E-state index contributed by atoms with van der Waals surface area (Å²) in [6.07, 6.45) is 0.753. The first-order valence-electron chi connectivity index (χ1n) is 6.95. The molecular formula is C15H23N3O2S. The zero-order valence-corrected chi connectivity index (χ0v) is 13.3. The molecule has 1 atom stereocenters. The fourth-order valence-electron chi connectivity index (χ4n) is 1.83. The van der Waals surface area contributed by atoms with Gasteiger partial charge in [0, 0.05) is 25.1 Å². The van der Waals surface area contributed by atoms with Crippen molar-refractivity contribution in [3.63, 3.8) is 0 Å². The van der Waals surface area contributed by atoms with E-state index in [9.17, 15) is 9.90 Å². The van der Waals surface area contributed by atoms with Gasteiger partial charge in [-0.1, -0.05) is 24.4 Å². The summed E-state index contributed by atoms with van der Waals surface area (Å²) in [7, 11) is 1.93. The van der Waals surface area contributed by atoms with E-state index in [0.717, 1.165) is 6.54 Å². The predicted molar refractivity (Wildman–Crippen MR) is 89.4 cm³/mol. The molecule has 0 saturated carbocycles. The van der Waals surface area contributed by atoms with Gasteiger partial charge in [-0.25, -0.2) is 0 Å². The van der Waals surface area contributed by atoms with Crippen LogP contribution in [0.3, 0.4) is 0 Å². The van der Waals surface area contributed by atoms with Crippen LogP contribution in [0.25, 0.3) is 0 Å². The van der Waals surface area contributed by atoms with E-state index in [1.165, 1.54) is 0 Å². The maximum Gasteiger partial charge on any atom is 0.225 e. The van der Waals surface area contributed by atoms with Crippen LogP contribution in [0.2, 0.25) is 0 Å². The van der Waals surface area contributed by atoms with Crippen LogP contribution in [0.15, 0.2) is 24.3 Å². The number of carbonyl (C=O) groups excluding carboxylic acids is 1. The Labute approximate surface area is 131 Å². The Kier molecular flexibility index (Phi) is 7.28. The fraction of sp³-hybridized carbons (Fsp3) is 0.467. The number of nitrogens with zero attached hydrogens (tertiary/aromatic N) is 1. The Balaban J connectivity index is 2.46. The van der Waals surface area contributed by atoms with Crippen molar-refractivity contribution in [3.05, 3.63) is 29.8 Å². The van der Waals surface area contributed by atoms with E-state index in [1.807, 2.05) is 24.1 Å². The fourth-order valence-corrected chi connectivity index (χ4v) is 2.01. The van der Waals surface area contributed by atoms with Gasteiger partial charge in [0.25, 0.3) is 0 Å². The van der Waals surface area contributed by atoms with Crippen LogP contribution in [-0.4, -0.2) is 47.1 Å². The Morgan fingerprint density at radius 3 is 2.71 bits per heavy atom. The summed E-state index contributed by atoms with van der Waals surface area (Å²) < 4.78 is 0. The second-order valence-electron chi connectivity index (χ2n) is 5.15. The Bertz CT molecular complexity index is 492. The summed E-state index contributed by atoms with van der Waals surface area (Å²) >= 11 is 4.96. The lowest BCUT2D eigenvalue weighted by Gasteiger charge is -2.17. The number of amides is 1. The molecule has 0 aromatic heterocycles. The summed E-state index contributed by atoms with van der Waals surface area (Å²) in [5.41, 5.74) is 6.94. The van der Waals surface area contributed by atoms with Crippen molar-refractivity contribution in [2.24, 2.45) is 5.73 Å². The highest BCUT2D eigenvalue weighted by Crippen LogP contribution is 2.15. The van der Waals surface area contributed by atoms with Crippen molar-refractivity contribution in [3.8, 4) is 0 Å². The molecule has 0 heterocycles. The number of aliphatic hydroxyl groups is 1. The van der Waals surface area contributed by atoms with E-state index in [4.69, 9.17) is 18.0 Å². The van der Waals surface area contributed by atoms with Gasteiger partial charge in [0.1, 0.15) is 4.99 Å². The number of para-hydroxylation sites is 1. The van der Waals surface area contributed by atoms with Gasteiger partial charge in [-0.15, -0.1) is 0 Å². The third kappa shape index (κ3) is 6.66. The number of anilines is 1. The molecule has 21 heavy (non-hydrogen) atoms. The molecule has 1 unspecified atom stereocenters. The van der Waals surface area contributed by atoms with Crippen molar-refractivity contribution in [2.75, 3.05) is 25.5 Å². The minimum absolute atomic E-state index is 0.0809. The first-order valence-corrected chi connectivity index (χ1v) is 7.36. The second kappa shape index (κ2) is 8.71. The number of rotatable bonds is 8. The van der Waals surface area contributed by atoms with Crippen molar-refractivity contribution >= 4 is 28.8 Å². The van der Waals surface area contributed by atoms with Crippen LogP contribution in [0.5, 0.6) is 0 Å². The van der Waals surface area contributed by atoms with Gasteiger partial charge in [-0.05, 0) is 32.5 Å². The third-order valence-electron chi connectivity index (χ3n) is 3.12. The number of hydrogen-bond acceptors (Lipinski definition) is 4. The van der Waals surface area contributed by atoms with Gasteiger partial charge in [-0.3, -0.25) is 4.79 Å². The molecule has 0 aliphatic carbocycles. The lowest BCUT2D eigenvalue weighted by atomic mass is 10.1. The van der Waals surface area contributed by atoms with Crippen LogP contribution in [0, 0.1) is 0 Å². The topological polar surface area (TPSA) is 78.6 Å². The molecule has 6 heteroatoms. The highest BCUT2D eigenvalue weighted by Gasteiger charge is 2.09. The van der Waals surface area contributed by atoms with Gasteiger partial charge in [0.15, 0.2) is 0 Å². The molecule has 1 aromatic rings. The van der Waals surface area contributed by atoms with Gasteiger partial charge in [0.05, 0.1) is 11.8 Å². The summed E-state index contributed by atoms with van der Waals surface area (Å²) in [4.78, 5) is 14.2. The summed E-state index contributed by atoms with van der Waals surface area (Å²) in [6, 6.07) is 7.22. The Hall–Kier alpha value is -1.50. The molecule has 4 N–H and O–H groups in total. The molecule has 1 amide bonds. The molecule has 116 valence electrons. The molecule has 0 radical (unpaired) electrons. The number of nitrogens with one attached hydrogen (secondary N) is 1. The maximum atomic E-state index is 12.0. The van der Waals surface area contributed by atoms with Crippen LogP contribution < -0.4 is 11.1 Å². The second-order valence-corrected chi connectivity index (χ2v) is 5.59. The molecule has 1 rings (SSSR count). The maximum absolute atomic E-state index is 12.0. The van der Waals surface area contributed by atoms with Crippen molar-refractivity contribution in [1.29, 1.82) is 0 Å². The molecule has 0 fully saturated rings. The van der Waals surface area contributed by atoms with Crippen LogP contribution in [0.1, 0.15) is 25.3 Å². The van der Waals surface area contributed by atoms with Crippen LogP contribution in [0.4, 0.5) is 5.69 Å². The van der Waals surface area contributed by atoms with E-state index in [0.29, 0.717) is 30.6 Å². The van der Waals surface area contributed by atoms with E-state index in [2.05, 4.69) is 5.32 Å². The number of carbonyl (C=O) groups is 1. The van der Waals surface area contributed by atoms with Crippen molar-refractivity contribution in [2.45, 2.75) is 25.9 Å². The third-order valence-corrected chi connectivity index (χ3v) is 3.34. The van der Waals surface area contributed by atoms with Crippen LogP contribution in [-0.2, 0) is 4.79 Å². The van der Waals surface area contributed by atoms with E-state index in [1.54, 1.807) is 19.1 Å². The predicted octanol–water partition coefficient (Wildman–Crippen LogP) is 1.35. The number of benzene rings is 1.